The average Bonchev–Trinajstić information content (AvgIpc) is 3.22. The number of alkyl halides is 3. The molecule has 2 atom stereocenters. The fourth-order valence-electron chi connectivity index (χ4n) is 3.01. The normalized spacial score (nSPS) is 21.5. The lowest BCUT2D eigenvalue weighted by Crippen LogP contribution is -2.27. The maximum atomic E-state index is 14.2. The number of hydrogen-bond donors (Lipinski definition) is 0. The van der Waals surface area contributed by atoms with Crippen LogP contribution in [-0.4, -0.2) is 18.4 Å². The second-order valence-electron chi connectivity index (χ2n) is 8.78. The van der Waals surface area contributed by atoms with Gasteiger partial charge in [0, 0.05) is 0 Å². The highest BCUT2D eigenvalue weighted by Crippen LogP contribution is 2.50. The first-order chi connectivity index (χ1) is 11.3. The van der Waals surface area contributed by atoms with Gasteiger partial charge in [0.1, 0.15) is 5.82 Å². The Hall–Kier alpha value is -1.10. The summed E-state index contributed by atoms with van der Waals surface area (Å²) >= 11 is 0. The van der Waals surface area contributed by atoms with E-state index in [9.17, 15) is 17.6 Å². The topological polar surface area (TPSA) is 9.23 Å². The Bertz CT molecular complexity index is 599. The van der Waals surface area contributed by atoms with Gasteiger partial charge in [-0.25, -0.2) is 4.39 Å². The molecule has 2 rings (SSSR count). The standard InChI is InChI=1S/C20H28F4O/c1-18(2,3)15-7-6-13(10-17(15)21)8-9-19(4,5)25-12-14-11-16(14)20(22,23)24/h6-7,10,14,16H,8-9,11-12H2,1-5H3. The highest BCUT2D eigenvalue weighted by molar-refractivity contribution is 5.29. The number of rotatable bonds is 6. The van der Waals surface area contributed by atoms with Gasteiger partial charge in [-0.2, -0.15) is 13.2 Å². The highest BCUT2D eigenvalue weighted by atomic mass is 19.4. The van der Waals surface area contributed by atoms with E-state index in [1.54, 1.807) is 6.07 Å². The van der Waals surface area contributed by atoms with E-state index in [1.165, 1.54) is 0 Å². The first-order valence-corrected chi connectivity index (χ1v) is 8.79. The average molecular weight is 360 g/mol. The molecule has 1 saturated carbocycles. The molecule has 5 heteroatoms. The monoisotopic (exact) mass is 360 g/mol. The molecule has 0 aliphatic heterocycles. The van der Waals surface area contributed by atoms with Crippen LogP contribution in [0.1, 0.15) is 58.6 Å². The third-order valence-electron chi connectivity index (χ3n) is 4.89. The number of ether oxygens (including phenoxy) is 1. The van der Waals surface area contributed by atoms with E-state index in [2.05, 4.69) is 0 Å². The van der Waals surface area contributed by atoms with E-state index < -0.39 is 23.6 Å². The van der Waals surface area contributed by atoms with Crippen molar-refractivity contribution in [2.24, 2.45) is 11.8 Å². The van der Waals surface area contributed by atoms with Gasteiger partial charge in [-0.05, 0) is 61.6 Å². The number of benzene rings is 1. The van der Waals surface area contributed by atoms with Crippen molar-refractivity contribution in [3.05, 3.63) is 35.1 Å². The van der Waals surface area contributed by atoms with E-state index in [0.29, 0.717) is 18.4 Å². The van der Waals surface area contributed by atoms with Crippen LogP contribution in [0.2, 0.25) is 0 Å². The number of aryl methyl sites for hydroxylation is 1. The van der Waals surface area contributed by atoms with Crippen LogP contribution >= 0.6 is 0 Å². The lowest BCUT2D eigenvalue weighted by atomic mass is 9.85. The molecule has 1 aromatic carbocycles. The lowest BCUT2D eigenvalue weighted by molar-refractivity contribution is -0.154. The number of halogens is 4. The molecule has 0 spiro atoms. The van der Waals surface area contributed by atoms with Crippen molar-refractivity contribution < 1.29 is 22.3 Å². The van der Waals surface area contributed by atoms with Crippen molar-refractivity contribution >= 4 is 0 Å². The fourth-order valence-corrected chi connectivity index (χ4v) is 3.01. The molecule has 1 fully saturated rings. The van der Waals surface area contributed by atoms with Crippen LogP contribution < -0.4 is 0 Å². The van der Waals surface area contributed by atoms with E-state index in [1.807, 2.05) is 46.8 Å². The van der Waals surface area contributed by atoms with Crippen LogP contribution in [0.15, 0.2) is 18.2 Å². The van der Waals surface area contributed by atoms with Gasteiger partial charge in [0.25, 0.3) is 0 Å². The smallest absolute Gasteiger partial charge is 0.375 e. The van der Waals surface area contributed by atoms with Crippen molar-refractivity contribution in [1.29, 1.82) is 0 Å². The molecule has 0 heterocycles. The van der Waals surface area contributed by atoms with Gasteiger partial charge in [-0.15, -0.1) is 0 Å². The van der Waals surface area contributed by atoms with Crippen molar-refractivity contribution in [2.75, 3.05) is 6.61 Å². The Balaban J connectivity index is 1.85. The SMILES string of the molecule is CC(C)(CCc1ccc(C(C)(C)C)c(F)c1)OCC1CC1C(F)(F)F. The van der Waals surface area contributed by atoms with Crippen molar-refractivity contribution in [3.63, 3.8) is 0 Å². The quantitative estimate of drug-likeness (QED) is 0.561. The maximum absolute atomic E-state index is 14.2. The minimum atomic E-state index is -4.11. The minimum Gasteiger partial charge on any atom is -0.375 e. The summed E-state index contributed by atoms with van der Waals surface area (Å²) in [5.74, 6) is -1.83. The minimum absolute atomic E-state index is 0.133. The van der Waals surface area contributed by atoms with Crippen molar-refractivity contribution in [2.45, 2.75) is 71.1 Å². The molecule has 142 valence electrons. The Morgan fingerprint density at radius 2 is 1.72 bits per heavy atom. The summed E-state index contributed by atoms with van der Waals surface area (Å²) in [5.41, 5.74) is 0.780. The predicted molar refractivity (Wildman–Crippen MR) is 91.1 cm³/mol. The van der Waals surface area contributed by atoms with Gasteiger partial charge in [-0.3, -0.25) is 0 Å². The van der Waals surface area contributed by atoms with Crippen LogP contribution in [-0.2, 0) is 16.6 Å². The molecule has 1 nitrogen and oxygen atoms in total. The molecule has 1 aliphatic carbocycles. The lowest BCUT2D eigenvalue weighted by Gasteiger charge is -2.26. The van der Waals surface area contributed by atoms with Crippen molar-refractivity contribution in [3.8, 4) is 0 Å². The van der Waals surface area contributed by atoms with Gasteiger partial charge < -0.3 is 4.74 Å². The first kappa shape index (κ1) is 20.2. The van der Waals surface area contributed by atoms with Gasteiger partial charge in [0.05, 0.1) is 18.1 Å². The Morgan fingerprint density at radius 1 is 1.08 bits per heavy atom. The second-order valence-corrected chi connectivity index (χ2v) is 8.78. The molecule has 25 heavy (non-hydrogen) atoms. The molecule has 1 aliphatic rings. The summed E-state index contributed by atoms with van der Waals surface area (Å²) in [6, 6.07) is 5.29. The van der Waals surface area contributed by atoms with Crippen molar-refractivity contribution in [1.82, 2.24) is 0 Å². The molecular weight excluding hydrogens is 332 g/mol. The third kappa shape index (κ3) is 5.70. The second kappa shape index (κ2) is 6.90. The summed E-state index contributed by atoms with van der Waals surface area (Å²) in [5, 5.41) is 0. The zero-order chi connectivity index (χ0) is 19.0. The van der Waals surface area contributed by atoms with Gasteiger partial charge >= 0.3 is 6.18 Å². The van der Waals surface area contributed by atoms with Gasteiger partial charge in [0.2, 0.25) is 0 Å². The summed E-state index contributed by atoms with van der Waals surface area (Å²) in [7, 11) is 0. The summed E-state index contributed by atoms with van der Waals surface area (Å²) in [6.07, 6.45) is -2.68. The zero-order valence-corrected chi connectivity index (χ0v) is 15.6. The molecule has 0 amide bonds. The Labute approximate surface area is 147 Å². The largest absolute Gasteiger partial charge is 0.392 e. The van der Waals surface area contributed by atoms with Crippen LogP contribution in [0.3, 0.4) is 0 Å². The van der Waals surface area contributed by atoms with E-state index in [-0.39, 0.29) is 24.3 Å². The molecule has 0 N–H and O–H groups in total. The summed E-state index contributed by atoms with van der Waals surface area (Å²) < 4.78 is 57.6. The summed E-state index contributed by atoms with van der Waals surface area (Å²) in [6.45, 7) is 9.78. The van der Waals surface area contributed by atoms with E-state index in [4.69, 9.17) is 4.74 Å². The zero-order valence-electron chi connectivity index (χ0n) is 15.6. The van der Waals surface area contributed by atoms with Crippen LogP contribution in [0.4, 0.5) is 17.6 Å². The van der Waals surface area contributed by atoms with Gasteiger partial charge in [-0.1, -0.05) is 32.9 Å². The van der Waals surface area contributed by atoms with Gasteiger partial charge in [0.15, 0.2) is 0 Å². The van der Waals surface area contributed by atoms with E-state index in [0.717, 1.165) is 5.56 Å². The molecule has 0 radical (unpaired) electrons. The molecule has 0 bridgehead atoms. The molecule has 2 unspecified atom stereocenters. The van der Waals surface area contributed by atoms with E-state index >= 15 is 0 Å². The fraction of sp³-hybridized carbons (Fsp3) is 0.700. The first-order valence-electron chi connectivity index (χ1n) is 8.79. The highest BCUT2D eigenvalue weighted by Gasteiger charge is 2.55. The molecule has 0 aromatic heterocycles. The molecule has 1 aromatic rings. The molecule has 0 saturated heterocycles. The maximum Gasteiger partial charge on any atom is 0.392 e. The summed E-state index contributed by atoms with van der Waals surface area (Å²) in [4.78, 5) is 0. The van der Waals surface area contributed by atoms with Crippen LogP contribution in [0.25, 0.3) is 0 Å². The predicted octanol–water partition coefficient (Wildman–Crippen LogP) is 6.05. The Morgan fingerprint density at radius 3 is 2.20 bits per heavy atom. The molecular formula is C20H28F4O. The number of hydrogen-bond acceptors (Lipinski definition) is 1. The van der Waals surface area contributed by atoms with Crippen LogP contribution in [0.5, 0.6) is 0 Å². The van der Waals surface area contributed by atoms with Crippen LogP contribution in [0, 0.1) is 17.7 Å². The Kier molecular flexibility index (Phi) is 5.58. The third-order valence-corrected chi connectivity index (χ3v) is 4.89.